The largest absolute Gasteiger partial charge is 0.339 e. The van der Waals surface area contributed by atoms with E-state index < -0.39 is 15.6 Å². The van der Waals surface area contributed by atoms with E-state index in [0.29, 0.717) is 25.1 Å². The van der Waals surface area contributed by atoms with Gasteiger partial charge in [0.05, 0.1) is 11.7 Å². The molecule has 2 aromatic rings. The van der Waals surface area contributed by atoms with Crippen molar-refractivity contribution in [3.8, 4) is 0 Å². The van der Waals surface area contributed by atoms with Crippen molar-refractivity contribution in [3.05, 3.63) is 59.1 Å². The molecule has 2 aromatic carbocycles. The molecule has 0 unspecified atom stereocenters. The van der Waals surface area contributed by atoms with E-state index in [4.69, 9.17) is 11.6 Å². The zero-order chi connectivity index (χ0) is 19.9. The van der Waals surface area contributed by atoms with Crippen molar-refractivity contribution in [1.29, 1.82) is 0 Å². The van der Waals surface area contributed by atoms with Crippen molar-refractivity contribution in [3.63, 3.8) is 0 Å². The van der Waals surface area contributed by atoms with Crippen molar-refractivity contribution in [2.45, 2.75) is 30.2 Å². The summed E-state index contributed by atoms with van der Waals surface area (Å²) >= 11 is 6.20. The van der Waals surface area contributed by atoms with E-state index in [1.165, 1.54) is 4.31 Å². The van der Waals surface area contributed by atoms with Crippen molar-refractivity contribution in [2.24, 2.45) is 0 Å². The first-order chi connectivity index (χ1) is 13.4. The number of sulfonamides is 1. The number of hydrogen-bond acceptors (Lipinski definition) is 4. The van der Waals surface area contributed by atoms with E-state index in [1.807, 2.05) is 30.3 Å². The quantitative estimate of drug-likeness (QED) is 0.830. The zero-order valence-corrected chi connectivity index (χ0v) is 17.1. The fourth-order valence-corrected chi connectivity index (χ4v) is 6.43. The molecule has 8 heteroatoms. The summed E-state index contributed by atoms with van der Waals surface area (Å²) in [5.41, 5.74) is 0.861. The Morgan fingerprint density at radius 3 is 2.36 bits per heavy atom. The topological polar surface area (TPSA) is 69.7 Å². The number of hydrogen-bond donors (Lipinski definition) is 1. The van der Waals surface area contributed by atoms with Gasteiger partial charge in [-0.25, -0.2) is 8.42 Å². The summed E-state index contributed by atoms with van der Waals surface area (Å²) in [7, 11) is -3.72. The molecule has 1 N–H and O–H groups in total. The Hall–Kier alpha value is -2.09. The van der Waals surface area contributed by atoms with E-state index in [1.54, 1.807) is 25.1 Å². The number of nitrogens with zero attached hydrogens (tertiary/aromatic N) is 2. The highest BCUT2D eigenvalue weighted by molar-refractivity contribution is 7.89. The molecular weight excluding hydrogens is 398 g/mol. The molecule has 2 aliphatic rings. The Balaban J connectivity index is 1.61. The number of anilines is 1. The van der Waals surface area contributed by atoms with Crippen LogP contribution in [0.15, 0.2) is 53.4 Å². The number of aryl methyl sites for hydroxylation is 1. The lowest BCUT2D eigenvalue weighted by molar-refractivity contribution is -0.124. The summed E-state index contributed by atoms with van der Waals surface area (Å²) in [6, 6.07) is 14.8. The summed E-state index contributed by atoms with van der Waals surface area (Å²) in [5, 5.41) is 3.16. The minimum atomic E-state index is -3.72. The van der Waals surface area contributed by atoms with Crippen molar-refractivity contribution >= 4 is 33.2 Å². The molecular formula is C20H22ClN3O3S. The van der Waals surface area contributed by atoms with E-state index in [0.717, 1.165) is 5.69 Å². The van der Waals surface area contributed by atoms with E-state index >= 15 is 0 Å². The molecule has 6 nitrogen and oxygen atoms in total. The summed E-state index contributed by atoms with van der Waals surface area (Å²) < 4.78 is 27.8. The molecule has 2 saturated heterocycles. The fraction of sp³-hybridized carbons (Fsp3) is 0.350. The van der Waals surface area contributed by atoms with Gasteiger partial charge in [-0.05, 0) is 43.5 Å². The molecule has 2 heterocycles. The number of benzene rings is 2. The van der Waals surface area contributed by atoms with E-state index in [-0.39, 0.29) is 28.9 Å². The van der Waals surface area contributed by atoms with Gasteiger partial charge in [-0.1, -0.05) is 41.9 Å². The van der Waals surface area contributed by atoms with Crippen LogP contribution < -0.4 is 10.2 Å². The van der Waals surface area contributed by atoms with E-state index in [2.05, 4.69) is 10.2 Å². The van der Waals surface area contributed by atoms with Gasteiger partial charge in [0.1, 0.15) is 10.4 Å². The molecule has 0 atom stereocenters. The van der Waals surface area contributed by atoms with Gasteiger partial charge in [0.2, 0.25) is 15.9 Å². The third-order valence-corrected chi connectivity index (χ3v) is 8.25. The van der Waals surface area contributed by atoms with Crippen molar-refractivity contribution in [1.82, 2.24) is 9.62 Å². The molecule has 2 aliphatic heterocycles. The lowest BCUT2D eigenvalue weighted by atomic mass is 9.86. The lowest BCUT2D eigenvalue weighted by Crippen LogP contribution is -2.57. The fourth-order valence-electron chi connectivity index (χ4n) is 4.20. The molecule has 1 amide bonds. The Morgan fingerprint density at radius 1 is 1.04 bits per heavy atom. The second-order valence-corrected chi connectivity index (χ2v) is 9.53. The van der Waals surface area contributed by atoms with Crippen LogP contribution in [0, 0.1) is 6.92 Å². The molecule has 0 bridgehead atoms. The normalized spacial score (nSPS) is 19.8. The number of nitrogens with one attached hydrogen (secondary N) is 1. The van der Waals surface area contributed by atoms with Crippen LogP contribution in [0.2, 0.25) is 5.02 Å². The van der Waals surface area contributed by atoms with Crippen LogP contribution in [0.4, 0.5) is 5.69 Å². The molecule has 0 aliphatic carbocycles. The maximum Gasteiger partial charge on any atom is 0.247 e. The maximum absolute atomic E-state index is 13.2. The third-order valence-electron chi connectivity index (χ3n) is 5.72. The summed E-state index contributed by atoms with van der Waals surface area (Å²) in [6.45, 7) is 2.71. The highest BCUT2D eigenvalue weighted by Crippen LogP contribution is 2.38. The zero-order valence-electron chi connectivity index (χ0n) is 15.6. The Morgan fingerprint density at radius 2 is 1.71 bits per heavy atom. The molecule has 0 aromatic heterocycles. The standard InChI is InChI=1S/C20H22ClN3O3S/c1-15-6-5-9-17(21)18(15)28(26,27)23-12-10-20(11-13-23)19(25)22-14-24(20)16-7-3-2-4-8-16/h2-9H,10-14H2,1H3,(H,22,25). The Kier molecular flexibility index (Phi) is 4.85. The van der Waals surface area contributed by atoms with Gasteiger partial charge >= 0.3 is 0 Å². The number of amides is 1. The number of halogens is 1. The third kappa shape index (κ3) is 2.98. The van der Waals surface area contributed by atoms with Gasteiger partial charge in [-0.15, -0.1) is 0 Å². The lowest BCUT2D eigenvalue weighted by Gasteiger charge is -2.42. The van der Waals surface area contributed by atoms with Gasteiger partial charge in [-0.3, -0.25) is 4.79 Å². The minimum Gasteiger partial charge on any atom is -0.339 e. The molecule has 148 valence electrons. The first-order valence-electron chi connectivity index (χ1n) is 9.22. The monoisotopic (exact) mass is 419 g/mol. The van der Waals surface area contributed by atoms with Gasteiger partial charge < -0.3 is 10.2 Å². The molecule has 0 saturated carbocycles. The number of rotatable bonds is 3. The van der Waals surface area contributed by atoms with Crippen LogP contribution in [0.3, 0.4) is 0 Å². The summed E-state index contributed by atoms with van der Waals surface area (Å²) in [6.07, 6.45) is 0.854. The van der Waals surface area contributed by atoms with Crippen LogP contribution in [0.1, 0.15) is 18.4 Å². The van der Waals surface area contributed by atoms with Gasteiger partial charge in [-0.2, -0.15) is 4.31 Å². The van der Waals surface area contributed by atoms with Crippen molar-refractivity contribution in [2.75, 3.05) is 24.7 Å². The van der Waals surface area contributed by atoms with Crippen LogP contribution >= 0.6 is 11.6 Å². The highest BCUT2D eigenvalue weighted by atomic mass is 35.5. The highest BCUT2D eigenvalue weighted by Gasteiger charge is 2.51. The van der Waals surface area contributed by atoms with Crippen LogP contribution in [-0.4, -0.2) is 43.9 Å². The second-order valence-electron chi connectivity index (χ2n) is 7.25. The van der Waals surface area contributed by atoms with Gasteiger partial charge in [0.15, 0.2) is 0 Å². The SMILES string of the molecule is Cc1cccc(Cl)c1S(=O)(=O)N1CCC2(CC1)C(=O)NCN2c1ccccc1. The molecule has 0 radical (unpaired) electrons. The Labute approximate surface area is 170 Å². The van der Waals surface area contributed by atoms with Gasteiger partial charge in [0, 0.05) is 18.8 Å². The minimum absolute atomic E-state index is 0.0395. The Bertz CT molecular complexity index is 982. The smallest absolute Gasteiger partial charge is 0.247 e. The van der Waals surface area contributed by atoms with E-state index in [9.17, 15) is 13.2 Å². The summed E-state index contributed by atoms with van der Waals surface area (Å²) in [4.78, 5) is 14.9. The van der Waals surface area contributed by atoms with Crippen molar-refractivity contribution < 1.29 is 13.2 Å². The number of para-hydroxylation sites is 1. The first-order valence-corrected chi connectivity index (χ1v) is 11.0. The average molecular weight is 420 g/mol. The number of carbonyl (C=O) groups is 1. The molecule has 28 heavy (non-hydrogen) atoms. The van der Waals surface area contributed by atoms with Crippen LogP contribution in [0.5, 0.6) is 0 Å². The number of carbonyl (C=O) groups excluding carboxylic acids is 1. The van der Waals surface area contributed by atoms with Gasteiger partial charge in [0.25, 0.3) is 0 Å². The molecule has 1 spiro atoms. The van der Waals surface area contributed by atoms with Crippen LogP contribution in [-0.2, 0) is 14.8 Å². The molecule has 2 fully saturated rings. The molecule has 4 rings (SSSR count). The van der Waals surface area contributed by atoms with Crippen LogP contribution in [0.25, 0.3) is 0 Å². The predicted octanol–water partition coefficient (Wildman–Crippen LogP) is 2.77. The summed E-state index contributed by atoms with van der Waals surface area (Å²) in [5.74, 6) is -0.0395. The first kappa shape index (κ1) is 19.2. The number of piperidine rings is 1. The predicted molar refractivity (Wildman–Crippen MR) is 109 cm³/mol. The average Bonchev–Trinajstić information content (AvgIpc) is 2.98. The second kappa shape index (κ2) is 7.06. The maximum atomic E-state index is 13.2.